The lowest BCUT2D eigenvalue weighted by Crippen LogP contribution is -2.54. The summed E-state index contributed by atoms with van der Waals surface area (Å²) in [6.45, 7) is 10.9. The molecule has 0 N–H and O–H groups in total. The fraction of sp³-hybridized carbons (Fsp3) is 0.385. The number of thioether (sulfide) groups is 1. The summed E-state index contributed by atoms with van der Waals surface area (Å²) in [5.74, 6) is -0.465. The molecular weight excluding hydrogens is 436 g/mol. The van der Waals surface area contributed by atoms with Gasteiger partial charge >= 0.3 is 5.97 Å². The molecule has 33 heavy (non-hydrogen) atoms. The Morgan fingerprint density at radius 2 is 1.82 bits per heavy atom. The molecule has 0 aromatic heterocycles. The minimum atomic E-state index is -0.465. The highest BCUT2D eigenvalue weighted by atomic mass is 32.2. The van der Waals surface area contributed by atoms with Gasteiger partial charge in [0.15, 0.2) is 0 Å². The largest absolute Gasteiger partial charge is 0.458 e. The van der Waals surface area contributed by atoms with Gasteiger partial charge in [-0.3, -0.25) is 4.90 Å². The second kappa shape index (κ2) is 12.0. The van der Waals surface area contributed by atoms with Crippen LogP contribution < -0.4 is 0 Å². The minimum Gasteiger partial charge on any atom is -0.458 e. The lowest BCUT2D eigenvalue weighted by Gasteiger charge is -2.41. The number of hydrogen-bond donors (Lipinski definition) is 0. The standard InChI is InChI=1S/C26H32N2O4S/c1-5-20-6-8-21(9-7-20)18-31-24(29)19-32-27-25(22-10-12-23(33-4)13-11-22)26(2,3)28-14-16-30-17-15-28/h5-13H,1,14-19H2,2-4H3. The van der Waals surface area contributed by atoms with Crippen molar-refractivity contribution < 1.29 is 19.1 Å². The van der Waals surface area contributed by atoms with Crippen LogP contribution in [-0.2, 0) is 25.7 Å². The van der Waals surface area contributed by atoms with Crippen molar-refractivity contribution in [2.45, 2.75) is 30.9 Å². The van der Waals surface area contributed by atoms with Crippen molar-refractivity contribution in [3.63, 3.8) is 0 Å². The zero-order chi connectivity index (χ0) is 23.7. The number of morpholine rings is 1. The predicted molar refractivity (Wildman–Crippen MR) is 134 cm³/mol. The summed E-state index contributed by atoms with van der Waals surface area (Å²) in [5, 5.41) is 4.43. The van der Waals surface area contributed by atoms with Gasteiger partial charge in [-0.15, -0.1) is 11.8 Å². The highest BCUT2D eigenvalue weighted by Crippen LogP contribution is 2.25. The van der Waals surface area contributed by atoms with E-state index in [0.717, 1.165) is 35.5 Å². The summed E-state index contributed by atoms with van der Waals surface area (Å²) < 4.78 is 10.9. The fourth-order valence-electron chi connectivity index (χ4n) is 3.64. The Morgan fingerprint density at radius 1 is 1.15 bits per heavy atom. The molecule has 1 fully saturated rings. The van der Waals surface area contributed by atoms with Gasteiger partial charge in [-0.05, 0) is 43.4 Å². The number of esters is 1. The third-order valence-corrected chi connectivity index (χ3v) is 6.44. The number of nitrogens with zero attached hydrogens (tertiary/aromatic N) is 2. The van der Waals surface area contributed by atoms with Crippen molar-refractivity contribution in [3.05, 3.63) is 71.8 Å². The SMILES string of the molecule is C=Cc1ccc(COC(=O)CON=C(c2ccc(SC)cc2)C(C)(C)N2CCOCC2)cc1. The van der Waals surface area contributed by atoms with Crippen molar-refractivity contribution >= 4 is 29.5 Å². The van der Waals surface area contributed by atoms with Crippen LogP contribution in [-0.4, -0.2) is 61.3 Å². The Kier molecular flexibility index (Phi) is 9.11. The van der Waals surface area contributed by atoms with E-state index in [1.807, 2.05) is 42.7 Å². The van der Waals surface area contributed by atoms with Gasteiger partial charge in [-0.2, -0.15) is 0 Å². The molecule has 0 saturated carbocycles. The molecular formula is C26H32N2O4S. The van der Waals surface area contributed by atoms with Gasteiger partial charge in [0.2, 0.25) is 6.61 Å². The zero-order valence-corrected chi connectivity index (χ0v) is 20.4. The molecule has 7 heteroatoms. The molecule has 1 heterocycles. The number of carbonyl (C=O) groups is 1. The molecule has 1 aliphatic rings. The number of oxime groups is 1. The summed E-state index contributed by atoms with van der Waals surface area (Å²) in [6, 6.07) is 15.9. The average Bonchev–Trinajstić information content (AvgIpc) is 2.86. The first-order chi connectivity index (χ1) is 15.9. The molecule has 0 radical (unpaired) electrons. The molecule has 2 aromatic carbocycles. The molecule has 0 bridgehead atoms. The lowest BCUT2D eigenvalue weighted by atomic mass is 9.90. The van der Waals surface area contributed by atoms with Gasteiger partial charge in [0.05, 0.1) is 18.8 Å². The van der Waals surface area contributed by atoms with Crippen LogP contribution >= 0.6 is 11.8 Å². The molecule has 6 nitrogen and oxygen atoms in total. The number of carbonyl (C=O) groups excluding carboxylic acids is 1. The maximum Gasteiger partial charge on any atom is 0.347 e. The highest BCUT2D eigenvalue weighted by Gasteiger charge is 2.35. The van der Waals surface area contributed by atoms with Crippen molar-refractivity contribution in [3.8, 4) is 0 Å². The third-order valence-electron chi connectivity index (χ3n) is 5.70. The Labute approximate surface area is 200 Å². The molecule has 3 rings (SSSR count). The molecule has 0 amide bonds. The maximum absolute atomic E-state index is 12.2. The summed E-state index contributed by atoms with van der Waals surface area (Å²) in [5.41, 5.74) is 3.25. The van der Waals surface area contributed by atoms with Crippen molar-refractivity contribution in [1.29, 1.82) is 0 Å². The maximum atomic E-state index is 12.2. The predicted octanol–water partition coefficient (Wildman–Crippen LogP) is 4.63. The minimum absolute atomic E-state index is 0.186. The Bertz CT molecular complexity index is 949. The van der Waals surface area contributed by atoms with Crippen molar-refractivity contribution in [2.24, 2.45) is 5.16 Å². The lowest BCUT2D eigenvalue weighted by molar-refractivity contribution is -0.150. The van der Waals surface area contributed by atoms with Crippen molar-refractivity contribution in [1.82, 2.24) is 4.90 Å². The van der Waals surface area contributed by atoms with E-state index in [-0.39, 0.29) is 13.2 Å². The third kappa shape index (κ3) is 6.93. The van der Waals surface area contributed by atoms with Crippen LogP contribution in [0.4, 0.5) is 0 Å². The molecule has 1 saturated heterocycles. The highest BCUT2D eigenvalue weighted by molar-refractivity contribution is 7.98. The number of ether oxygens (including phenoxy) is 2. The number of hydrogen-bond acceptors (Lipinski definition) is 7. The molecule has 0 aliphatic carbocycles. The molecule has 2 aromatic rings. The average molecular weight is 469 g/mol. The molecule has 176 valence electrons. The van der Waals surface area contributed by atoms with Gasteiger partial charge in [-0.1, -0.05) is 54.2 Å². The summed E-state index contributed by atoms with van der Waals surface area (Å²) >= 11 is 1.69. The van der Waals surface area contributed by atoms with Gasteiger partial charge in [-0.25, -0.2) is 4.79 Å². The van der Waals surface area contributed by atoms with Gasteiger partial charge in [0, 0.05) is 23.5 Å². The van der Waals surface area contributed by atoms with E-state index in [2.05, 4.69) is 42.6 Å². The van der Waals surface area contributed by atoms with E-state index < -0.39 is 11.5 Å². The first-order valence-electron chi connectivity index (χ1n) is 11.0. The second-order valence-electron chi connectivity index (χ2n) is 8.21. The van der Waals surface area contributed by atoms with E-state index >= 15 is 0 Å². The molecule has 0 atom stereocenters. The van der Waals surface area contributed by atoms with Gasteiger partial charge < -0.3 is 14.3 Å². The van der Waals surface area contributed by atoms with Crippen LogP contribution in [0.1, 0.15) is 30.5 Å². The smallest absolute Gasteiger partial charge is 0.347 e. The van der Waals surface area contributed by atoms with Crippen LogP contribution in [0.2, 0.25) is 0 Å². The summed E-state index contributed by atoms with van der Waals surface area (Å²) in [7, 11) is 0. The van der Waals surface area contributed by atoms with Crippen LogP contribution in [0.3, 0.4) is 0 Å². The Balaban J connectivity index is 1.67. The van der Waals surface area contributed by atoms with E-state index in [9.17, 15) is 4.79 Å². The van der Waals surface area contributed by atoms with Gasteiger partial charge in [0.1, 0.15) is 12.3 Å². The normalized spacial score (nSPS) is 15.2. The molecule has 0 unspecified atom stereocenters. The topological polar surface area (TPSA) is 60.4 Å². The van der Waals surface area contributed by atoms with E-state index in [4.69, 9.17) is 14.3 Å². The summed E-state index contributed by atoms with van der Waals surface area (Å²) in [4.78, 5) is 21.2. The van der Waals surface area contributed by atoms with Crippen LogP contribution in [0, 0.1) is 0 Å². The zero-order valence-electron chi connectivity index (χ0n) is 19.6. The quantitative estimate of drug-likeness (QED) is 0.219. The molecule has 1 aliphatic heterocycles. The Hall–Kier alpha value is -2.61. The number of rotatable bonds is 10. The van der Waals surface area contributed by atoms with Gasteiger partial charge in [0.25, 0.3) is 0 Å². The monoisotopic (exact) mass is 468 g/mol. The Morgan fingerprint density at radius 3 is 2.42 bits per heavy atom. The van der Waals surface area contributed by atoms with E-state index in [1.165, 1.54) is 4.90 Å². The molecule has 0 spiro atoms. The van der Waals surface area contributed by atoms with Crippen LogP contribution in [0.15, 0.2) is 65.2 Å². The first-order valence-corrected chi connectivity index (χ1v) is 12.2. The van der Waals surface area contributed by atoms with E-state index in [1.54, 1.807) is 17.8 Å². The first kappa shape index (κ1) is 25.0. The van der Waals surface area contributed by atoms with Crippen LogP contribution in [0.5, 0.6) is 0 Å². The second-order valence-corrected chi connectivity index (χ2v) is 9.09. The fourth-order valence-corrected chi connectivity index (χ4v) is 4.05. The summed E-state index contributed by atoms with van der Waals surface area (Å²) in [6.07, 6.45) is 3.82. The van der Waals surface area contributed by atoms with E-state index in [0.29, 0.717) is 13.2 Å². The number of benzene rings is 2. The van der Waals surface area contributed by atoms with Crippen molar-refractivity contribution in [2.75, 3.05) is 39.2 Å². The van der Waals surface area contributed by atoms with Crippen LogP contribution in [0.25, 0.3) is 6.08 Å².